The standard InChI is InChI=1S/C68H61BN2O2/c1-66(2,3)48-28-32-51(33-29-48)70(53-27-19-26-47(38-53)44-20-13-10-14-21-44)54-36-37-57-61(41-54)72-62-40-50(68(7,8)9)39-60-63(62)69(57)58-42-55-56(43-59(58)71(60)52-34-30-49(31-35-52)67(4,5)6)65(46-24-17-12-18-25-46)73-64(55)45-22-15-11-16-23-45/h10-43H,1-9H3. The number of ether oxygens (including phenoxy) is 1. The molecule has 2 aliphatic rings. The van der Waals surface area contributed by atoms with Gasteiger partial charge in [-0.25, -0.2) is 0 Å². The van der Waals surface area contributed by atoms with Crippen LogP contribution in [0, 0.1) is 0 Å². The van der Waals surface area contributed by atoms with Crippen LogP contribution in [0.3, 0.4) is 0 Å². The Morgan fingerprint density at radius 3 is 1.49 bits per heavy atom. The topological polar surface area (TPSA) is 28.9 Å². The third kappa shape index (κ3) is 8.22. The van der Waals surface area contributed by atoms with E-state index in [1.54, 1.807) is 0 Å². The number of benzene rings is 9. The summed E-state index contributed by atoms with van der Waals surface area (Å²) in [5, 5.41) is 2.15. The highest BCUT2D eigenvalue weighted by Crippen LogP contribution is 2.48. The minimum absolute atomic E-state index is 0.00266. The van der Waals surface area contributed by atoms with Crippen LogP contribution in [-0.4, -0.2) is 6.71 Å². The van der Waals surface area contributed by atoms with Gasteiger partial charge in [0.2, 0.25) is 0 Å². The molecular weight excluding hydrogens is 888 g/mol. The van der Waals surface area contributed by atoms with E-state index in [0.717, 1.165) is 90.1 Å². The third-order valence-corrected chi connectivity index (χ3v) is 15.0. The van der Waals surface area contributed by atoms with Crippen molar-refractivity contribution < 1.29 is 9.15 Å². The van der Waals surface area contributed by atoms with Crippen molar-refractivity contribution in [2.75, 3.05) is 9.80 Å². The van der Waals surface area contributed by atoms with Crippen LogP contribution in [0.25, 0.3) is 44.5 Å². The van der Waals surface area contributed by atoms with Crippen molar-refractivity contribution >= 4 is 68.0 Å². The molecule has 0 N–H and O–H groups in total. The van der Waals surface area contributed by atoms with E-state index in [0.29, 0.717) is 0 Å². The lowest BCUT2D eigenvalue weighted by atomic mass is 9.34. The molecule has 1 aromatic heterocycles. The highest BCUT2D eigenvalue weighted by molar-refractivity contribution is 6.99. The van der Waals surface area contributed by atoms with Crippen molar-refractivity contribution in [3.8, 4) is 45.3 Å². The molecule has 0 atom stereocenters. The van der Waals surface area contributed by atoms with Crippen LogP contribution in [0.1, 0.15) is 79.0 Å². The first kappa shape index (κ1) is 46.1. The lowest BCUT2D eigenvalue weighted by Crippen LogP contribution is -2.59. The largest absolute Gasteiger partial charge is 0.458 e. The zero-order chi connectivity index (χ0) is 50.4. The van der Waals surface area contributed by atoms with Gasteiger partial charge in [-0.1, -0.05) is 202 Å². The van der Waals surface area contributed by atoms with E-state index in [1.165, 1.54) is 33.2 Å². The van der Waals surface area contributed by atoms with Crippen LogP contribution in [0.2, 0.25) is 0 Å². The molecule has 0 aliphatic carbocycles. The number of anilines is 6. The Kier molecular flexibility index (Phi) is 10.9. The Morgan fingerprint density at radius 2 is 0.904 bits per heavy atom. The van der Waals surface area contributed by atoms with Gasteiger partial charge in [0.1, 0.15) is 23.0 Å². The van der Waals surface area contributed by atoms with Gasteiger partial charge in [-0.2, -0.15) is 0 Å². The van der Waals surface area contributed by atoms with Crippen molar-refractivity contribution in [3.05, 3.63) is 223 Å². The monoisotopic (exact) mass is 948 g/mol. The van der Waals surface area contributed by atoms with Gasteiger partial charge in [-0.3, -0.25) is 0 Å². The minimum atomic E-state index is -0.173. The normalized spacial score (nSPS) is 13.1. The molecule has 0 saturated carbocycles. The number of furan rings is 1. The second kappa shape index (κ2) is 17.3. The van der Waals surface area contributed by atoms with Gasteiger partial charge in [0.25, 0.3) is 6.71 Å². The van der Waals surface area contributed by atoms with Crippen LogP contribution in [0.4, 0.5) is 34.1 Å². The van der Waals surface area contributed by atoms with E-state index in [2.05, 4.69) is 278 Å². The average molecular weight is 949 g/mol. The van der Waals surface area contributed by atoms with Crippen molar-refractivity contribution in [1.82, 2.24) is 0 Å². The summed E-state index contributed by atoms with van der Waals surface area (Å²) in [6, 6.07) is 75.3. The Balaban J connectivity index is 1.11. The van der Waals surface area contributed by atoms with Crippen LogP contribution < -0.4 is 30.9 Å². The molecule has 0 amide bonds. The molecule has 9 aromatic carbocycles. The summed E-state index contributed by atoms with van der Waals surface area (Å²) in [4.78, 5) is 4.86. The van der Waals surface area contributed by atoms with Crippen molar-refractivity contribution in [3.63, 3.8) is 0 Å². The molecule has 10 aromatic rings. The maximum absolute atomic E-state index is 7.41. The fraction of sp³-hybridized carbons (Fsp3) is 0.176. The number of nitrogens with zero attached hydrogens (tertiary/aromatic N) is 2. The van der Waals surface area contributed by atoms with E-state index in [4.69, 9.17) is 9.15 Å². The SMILES string of the molecule is CC(C)(C)c1ccc(N(c2cccc(-c3ccccc3)c2)c2ccc3c(c2)Oc2cc(C(C)(C)C)cc4c2B3c2cc3c(-c5ccccc5)oc(-c5ccccc5)c3cc2N4c2ccc(C(C)(C)C)cc2)cc1. The predicted molar refractivity (Wildman–Crippen MR) is 309 cm³/mol. The van der Waals surface area contributed by atoms with E-state index in [9.17, 15) is 0 Å². The maximum Gasteiger partial charge on any atom is 0.256 e. The molecule has 0 unspecified atom stereocenters. The van der Waals surface area contributed by atoms with Gasteiger partial charge in [0.05, 0.1) is 0 Å². The molecule has 0 bridgehead atoms. The molecule has 73 heavy (non-hydrogen) atoms. The number of hydrogen-bond donors (Lipinski definition) is 0. The summed E-state index contributed by atoms with van der Waals surface area (Å²) >= 11 is 0. The van der Waals surface area contributed by atoms with E-state index < -0.39 is 0 Å². The van der Waals surface area contributed by atoms with E-state index in [-0.39, 0.29) is 23.0 Å². The predicted octanol–water partition coefficient (Wildman–Crippen LogP) is 17.2. The second-order valence-corrected chi connectivity index (χ2v) is 23.0. The lowest BCUT2D eigenvalue weighted by Gasteiger charge is -2.41. The summed E-state index contributed by atoms with van der Waals surface area (Å²) in [5.41, 5.74) is 18.1. The Labute approximate surface area is 431 Å². The van der Waals surface area contributed by atoms with Gasteiger partial charge in [-0.15, -0.1) is 0 Å². The second-order valence-electron chi connectivity index (χ2n) is 23.0. The Hall–Kier alpha value is -8.02. The van der Waals surface area contributed by atoms with Crippen molar-refractivity contribution in [2.45, 2.75) is 78.6 Å². The minimum Gasteiger partial charge on any atom is -0.458 e. The van der Waals surface area contributed by atoms with Gasteiger partial charge in [-0.05, 0) is 121 Å². The smallest absolute Gasteiger partial charge is 0.256 e. The highest BCUT2D eigenvalue weighted by Gasteiger charge is 2.44. The highest BCUT2D eigenvalue weighted by atomic mass is 16.5. The Morgan fingerprint density at radius 1 is 0.384 bits per heavy atom. The summed E-state index contributed by atoms with van der Waals surface area (Å²) in [5.74, 6) is 3.45. The van der Waals surface area contributed by atoms with Crippen LogP contribution >= 0.6 is 0 Å². The van der Waals surface area contributed by atoms with Gasteiger partial charge in [0.15, 0.2) is 0 Å². The molecule has 0 radical (unpaired) electrons. The summed E-state index contributed by atoms with van der Waals surface area (Å²) in [6.45, 7) is 20.4. The number of hydrogen-bond acceptors (Lipinski definition) is 4. The summed E-state index contributed by atoms with van der Waals surface area (Å²) < 4.78 is 14.5. The molecular formula is C68H61BN2O2. The van der Waals surface area contributed by atoms with E-state index >= 15 is 0 Å². The Bertz CT molecular complexity index is 3690. The molecule has 0 spiro atoms. The fourth-order valence-corrected chi connectivity index (χ4v) is 10.9. The van der Waals surface area contributed by atoms with Crippen molar-refractivity contribution in [1.29, 1.82) is 0 Å². The quantitative estimate of drug-likeness (QED) is 0.149. The first-order chi connectivity index (χ1) is 35.1. The molecule has 12 rings (SSSR count). The summed E-state index contributed by atoms with van der Waals surface area (Å²) in [7, 11) is 0. The van der Waals surface area contributed by atoms with Crippen LogP contribution in [0.15, 0.2) is 211 Å². The van der Waals surface area contributed by atoms with E-state index in [1.807, 2.05) is 0 Å². The van der Waals surface area contributed by atoms with Gasteiger partial charge < -0.3 is 19.0 Å². The lowest BCUT2D eigenvalue weighted by molar-refractivity contribution is 0.483. The molecule has 0 saturated heterocycles. The van der Waals surface area contributed by atoms with Gasteiger partial charge in [0, 0.05) is 62.1 Å². The number of fused-ring (bicyclic) bond motifs is 5. The fourth-order valence-electron chi connectivity index (χ4n) is 10.9. The molecule has 0 fully saturated rings. The first-order valence-corrected chi connectivity index (χ1v) is 25.8. The molecule has 3 heterocycles. The number of rotatable bonds is 7. The third-order valence-electron chi connectivity index (χ3n) is 15.0. The van der Waals surface area contributed by atoms with Crippen LogP contribution in [-0.2, 0) is 16.2 Å². The van der Waals surface area contributed by atoms with Crippen LogP contribution in [0.5, 0.6) is 11.5 Å². The van der Waals surface area contributed by atoms with Gasteiger partial charge >= 0.3 is 0 Å². The zero-order valence-corrected chi connectivity index (χ0v) is 43.4. The maximum atomic E-state index is 7.41. The molecule has 5 heteroatoms. The molecule has 4 nitrogen and oxygen atoms in total. The zero-order valence-electron chi connectivity index (χ0n) is 43.4. The molecule has 358 valence electrons. The first-order valence-electron chi connectivity index (χ1n) is 25.8. The summed E-state index contributed by atoms with van der Waals surface area (Å²) in [6.07, 6.45) is 0. The average Bonchev–Trinajstić information content (AvgIpc) is 3.77. The molecule has 2 aliphatic heterocycles. The van der Waals surface area contributed by atoms with Crippen molar-refractivity contribution in [2.24, 2.45) is 0 Å².